The molecule has 0 aliphatic heterocycles. The third-order valence-electron chi connectivity index (χ3n) is 5.08. The molecule has 9 nitrogen and oxygen atoms in total. The lowest BCUT2D eigenvalue weighted by Crippen LogP contribution is -2.20. The summed E-state index contributed by atoms with van der Waals surface area (Å²) < 4.78 is 6.17. The predicted molar refractivity (Wildman–Crippen MR) is 130 cm³/mol. The molecule has 4 aromatic rings. The summed E-state index contributed by atoms with van der Waals surface area (Å²) in [4.78, 5) is 33.7. The van der Waals surface area contributed by atoms with Gasteiger partial charge in [-0.25, -0.2) is 24.8 Å². The van der Waals surface area contributed by atoms with Crippen LogP contribution in [-0.2, 0) is 4.74 Å². The number of hydrogen-bond acceptors (Lipinski definition) is 8. The Kier molecular flexibility index (Phi) is 6.35. The number of rotatable bonds is 6. The van der Waals surface area contributed by atoms with E-state index >= 15 is 0 Å². The molecule has 34 heavy (non-hydrogen) atoms. The Bertz CT molecular complexity index is 1440. The van der Waals surface area contributed by atoms with Crippen LogP contribution in [0.3, 0.4) is 0 Å². The number of aromatic hydroxyl groups is 1. The summed E-state index contributed by atoms with van der Waals surface area (Å²) in [6, 6.07) is 15.0. The van der Waals surface area contributed by atoms with E-state index in [1.54, 1.807) is 55.5 Å². The molecule has 0 aliphatic rings. The number of carbonyl (C=O) groups is 1. The predicted octanol–water partition coefficient (Wildman–Crippen LogP) is 3.73. The first kappa shape index (κ1) is 22.7. The second kappa shape index (κ2) is 9.53. The highest BCUT2D eigenvalue weighted by atomic mass is 16.5. The summed E-state index contributed by atoms with van der Waals surface area (Å²) in [5.74, 6) is -0.434. The average Bonchev–Trinajstić information content (AvgIpc) is 2.81. The average molecular weight is 457 g/mol. The van der Waals surface area contributed by atoms with Crippen molar-refractivity contribution in [2.75, 3.05) is 12.0 Å². The van der Waals surface area contributed by atoms with Crippen LogP contribution in [0, 0.1) is 13.8 Å². The van der Waals surface area contributed by atoms with Gasteiger partial charge in [-0.05, 0) is 57.2 Å². The molecule has 2 heterocycles. The van der Waals surface area contributed by atoms with Crippen molar-refractivity contribution < 1.29 is 14.6 Å². The Hall–Kier alpha value is -4.53. The molecule has 172 valence electrons. The molecular weight excluding hydrogens is 434 g/mol. The fraction of sp³-hybridized carbons (Fsp3) is 0.160. The van der Waals surface area contributed by atoms with E-state index in [0.29, 0.717) is 33.5 Å². The SMILES string of the molecule is CCOC(=O)c1ccc(-n2c(O)c(/C=N/Nc3nc(C)cc(C)n3)c3ccccc3c2=O)cc1. The van der Waals surface area contributed by atoms with Crippen molar-refractivity contribution >= 4 is 28.9 Å². The maximum absolute atomic E-state index is 13.2. The topological polar surface area (TPSA) is 119 Å². The Balaban J connectivity index is 1.78. The van der Waals surface area contributed by atoms with Gasteiger partial charge in [0, 0.05) is 22.2 Å². The fourth-order valence-corrected chi connectivity index (χ4v) is 3.62. The molecule has 0 bridgehead atoms. The molecule has 0 fully saturated rings. The molecule has 0 unspecified atom stereocenters. The molecule has 0 radical (unpaired) electrons. The summed E-state index contributed by atoms with van der Waals surface area (Å²) >= 11 is 0. The third kappa shape index (κ3) is 4.49. The first-order chi connectivity index (χ1) is 16.4. The number of benzene rings is 2. The number of anilines is 1. The van der Waals surface area contributed by atoms with Crippen molar-refractivity contribution in [2.24, 2.45) is 5.10 Å². The molecule has 0 atom stereocenters. The third-order valence-corrected chi connectivity index (χ3v) is 5.08. The first-order valence-electron chi connectivity index (χ1n) is 10.6. The van der Waals surface area contributed by atoms with E-state index in [9.17, 15) is 14.7 Å². The Morgan fingerprint density at radius 2 is 1.74 bits per heavy atom. The second-order valence-corrected chi connectivity index (χ2v) is 7.54. The van der Waals surface area contributed by atoms with Gasteiger partial charge >= 0.3 is 5.97 Å². The molecular formula is C25H23N5O4. The van der Waals surface area contributed by atoms with E-state index in [1.807, 2.05) is 19.9 Å². The van der Waals surface area contributed by atoms with Crippen LogP contribution in [-0.4, -0.2) is 38.4 Å². The zero-order chi connectivity index (χ0) is 24.2. The van der Waals surface area contributed by atoms with Gasteiger partial charge < -0.3 is 9.84 Å². The number of esters is 1. The molecule has 2 N–H and O–H groups in total. The molecule has 2 aromatic carbocycles. The van der Waals surface area contributed by atoms with Crippen molar-refractivity contribution in [2.45, 2.75) is 20.8 Å². The van der Waals surface area contributed by atoms with Crippen LogP contribution < -0.4 is 11.0 Å². The van der Waals surface area contributed by atoms with E-state index < -0.39 is 11.5 Å². The standard InChI is InChI=1S/C25H23N5O4/c1-4-34-24(33)17-9-11-18(12-10-17)30-22(31)20-8-6-5-7-19(20)21(23(30)32)14-26-29-25-27-15(2)13-16(3)28-25/h5-14,32H,4H2,1-3H3,(H,27,28,29)/b26-14+. The van der Waals surface area contributed by atoms with E-state index in [1.165, 1.54) is 10.8 Å². The summed E-state index contributed by atoms with van der Waals surface area (Å²) in [5, 5.41) is 16.2. The minimum Gasteiger partial charge on any atom is -0.494 e. The number of fused-ring (bicyclic) bond motifs is 1. The largest absolute Gasteiger partial charge is 0.494 e. The number of ether oxygens (including phenoxy) is 1. The van der Waals surface area contributed by atoms with E-state index in [4.69, 9.17) is 4.74 Å². The second-order valence-electron chi connectivity index (χ2n) is 7.54. The van der Waals surface area contributed by atoms with Gasteiger partial charge in [-0.3, -0.25) is 4.79 Å². The smallest absolute Gasteiger partial charge is 0.338 e. The lowest BCUT2D eigenvalue weighted by molar-refractivity contribution is 0.0526. The minimum absolute atomic E-state index is 0.259. The summed E-state index contributed by atoms with van der Waals surface area (Å²) in [5.41, 5.74) is 5.02. The van der Waals surface area contributed by atoms with Gasteiger partial charge in [-0.2, -0.15) is 5.10 Å². The van der Waals surface area contributed by atoms with Crippen molar-refractivity contribution in [1.82, 2.24) is 14.5 Å². The number of hydrogen-bond donors (Lipinski definition) is 2. The maximum Gasteiger partial charge on any atom is 0.338 e. The number of aromatic nitrogens is 3. The van der Waals surface area contributed by atoms with Crippen molar-refractivity contribution in [1.29, 1.82) is 0 Å². The Morgan fingerprint density at radius 3 is 2.38 bits per heavy atom. The molecule has 0 saturated carbocycles. The lowest BCUT2D eigenvalue weighted by Gasteiger charge is -2.14. The van der Waals surface area contributed by atoms with Crippen LogP contribution in [0.2, 0.25) is 0 Å². The molecule has 0 amide bonds. The van der Waals surface area contributed by atoms with E-state index in [2.05, 4.69) is 20.5 Å². The van der Waals surface area contributed by atoms with Crippen LogP contribution in [0.25, 0.3) is 16.5 Å². The van der Waals surface area contributed by atoms with Crippen LogP contribution in [0.4, 0.5) is 5.95 Å². The number of carbonyl (C=O) groups excluding carboxylic acids is 1. The highest BCUT2D eigenvalue weighted by Gasteiger charge is 2.17. The van der Waals surface area contributed by atoms with Crippen LogP contribution in [0.5, 0.6) is 5.88 Å². The van der Waals surface area contributed by atoms with Crippen LogP contribution in [0.15, 0.2) is 64.5 Å². The van der Waals surface area contributed by atoms with Gasteiger partial charge in [0.15, 0.2) is 0 Å². The van der Waals surface area contributed by atoms with E-state index in [-0.39, 0.29) is 12.5 Å². The van der Waals surface area contributed by atoms with Gasteiger partial charge in [-0.1, -0.05) is 18.2 Å². The van der Waals surface area contributed by atoms with Gasteiger partial charge in [0.05, 0.1) is 29.6 Å². The molecule has 2 aromatic heterocycles. The van der Waals surface area contributed by atoms with Crippen LogP contribution >= 0.6 is 0 Å². The zero-order valence-corrected chi connectivity index (χ0v) is 18.9. The van der Waals surface area contributed by atoms with Gasteiger partial charge in [-0.15, -0.1) is 0 Å². The molecule has 4 rings (SSSR count). The zero-order valence-electron chi connectivity index (χ0n) is 18.9. The molecule has 9 heteroatoms. The summed E-state index contributed by atoms with van der Waals surface area (Å²) in [7, 11) is 0. The first-order valence-corrected chi connectivity index (χ1v) is 10.6. The van der Waals surface area contributed by atoms with Crippen LogP contribution in [0.1, 0.15) is 34.2 Å². The number of aryl methyl sites for hydroxylation is 2. The normalized spacial score (nSPS) is 11.1. The van der Waals surface area contributed by atoms with Gasteiger partial charge in [0.2, 0.25) is 11.8 Å². The van der Waals surface area contributed by atoms with Crippen molar-refractivity contribution in [3.8, 4) is 11.6 Å². The highest BCUT2D eigenvalue weighted by Crippen LogP contribution is 2.26. The molecule has 0 saturated heterocycles. The van der Waals surface area contributed by atoms with Crippen molar-refractivity contribution in [3.05, 3.63) is 87.5 Å². The Labute approximate surface area is 195 Å². The highest BCUT2D eigenvalue weighted by molar-refractivity contribution is 6.02. The van der Waals surface area contributed by atoms with Gasteiger partial charge in [0.25, 0.3) is 5.56 Å². The Morgan fingerprint density at radius 1 is 1.09 bits per heavy atom. The van der Waals surface area contributed by atoms with E-state index in [0.717, 1.165) is 11.4 Å². The van der Waals surface area contributed by atoms with Crippen molar-refractivity contribution in [3.63, 3.8) is 0 Å². The monoisotopic (exact) mass is 457 g/mol. The maximum atomic E-state index is 13.2. The number of hydrazone groups is 1. The summed E-state index contributed by atoms with van der Waals surface area (Å²) in [6.07, 6.45) is 1.42. The lowest BCUT2D eigenvalue weighted by atomic mass is 10.1. The quantitative estimate of drug-likeness (QED) is 0.257. The number of nitrogens with one attached hydrogen (secondary N) is 1. The summed E-state index contributed by atoms with van der Waals surface area (Å²) in [6.45, 7) is 5.69. The fourth-order valence-electron chi connectivity index (χ4n) is 3.62. The molecule has 0 spiro atoms. The number of nitrogens with zero attached hydrogens (tertiary/aromatic N) is 4. The molecule has 0 aliphatic carbocycles. The number of pyridine rings is 1. The van der Waals surface area contributed by atoms with Gasteiger partial charge in [0.1, 0.15) is 0 Å². The minimum atomic E-state index is -0.461.